The van der Waals surface area contributed by atoms with Gasteiger partial charge in [0.2, 0.25) is 0 Å². The molecule has 8 heteroatoms. The summed E-state index contributed by atoms with van der Waals surface area (Å²) in [5.74, 6) is -0.702. The number of anilines is 1. The van der Waals surface area contributed by atoms with E-state index in [2.05, 4.69) is 4.98 Å². The normalized spacial score (nSPS) is 19.9. The van der Waals surface area contributed by atoms with Crippen molar-refractivity contribution in [2.24, 2.45) is 0 Å². The molecule has 6 nitrogen and oxygen atoms in total. The van der Waals surface area contributed by atoms with E-state index in [0.29, 0.717) is 24.6 Å². The van der Waals surface area contributed by atoms with Gasteiger partial charge < -0.3 is 10.0 Å². The molecule has 0 bridgehead atoms. The number of thiazole rings is 1. The lowest BCUT2D eigenvalue weighted by molar-refractivity contribution is 0.0702. The quantitative estimate of drug-likeness (QED) is 0.844. The molecule has 17 heavy (non-hydrogen) atoms. The maximum absolute atomic E-state index is 11.4. The third kappa shape index (κ3) is 2.95. The Morgan fingerprint density at radius 1 is 1.41 bits per heavy atom. The fourth-order valence-electron chi connectivity index (χ4n) is 1.64. The topological polar surface area (TPSA) is 87.6 Å². The van der Waals surface area contributed by atoms with E-state index in [1.54, 1.807) is 0 Å². The number of rotatable bonds is 2. The van der Waals surface area contributed by atoms with Gasteiger partial charge in [-0.15, -0.1) is 0 Å². The maximum Gasteiger partial charge on any atom is 0.347 e. The second-order valence-corrected chi connectivity index (χ2v) is 7.12. The smallest absolute Gasteiger partial charge is 0.347 e. The van der Waals surface area contributed by atoms with E-state index >= 15 is 0 Å². The molecule has 1 aliphatic heterocycles. The lowest BCUT2D eigenvalue weighted by Gasteiger charge is -2.17. The molecule has 1 aromatic heterocycles. The molecule has 1 saturated heterocycles. The highest BCUT2D eigenvalue weighted by Gasteiger charge is 2.21. The van der Waals surface area contributed by atoms with Crippen LogP contribution in [0, 0.1) is 0 Å². The third-order valence-corrected chi connectivity index (χ3v) is 5.29. The highest BCUT2D eigenvalue weighted by Crippen LogP contribution is 2.23. The van der Waals surface area contributed by atoms with Crippen LogP contribution in [0.3, 0.4) is 0 Å². The molecule has 0 saturated carbocycles. The van der Waals surface area contributed by atoms with Crippen molar-refractivity contribution in [2.75, 3.05) is 29.5 Å². The van der Waals surface area contributed by atoms with E-state index in [9.17, 15) is 13.2 Å². The lowest BCUT2D eigenvalue weighted by atomic mass is 10.4. The fourth-order valence-corrected chi connectivity index (χ4v) is 3.72. The van der Waals surface area contributed by atoms with Crippen LogP contribution in [0.5, 0.6) is 0 Å². The molecule has 0 atom stereocenters. The van der Waals surface area contributed by atoms with E-state index < -0.39 is 15.8 Å². The van der Waals surface area contributed by atoms with Crippen LogP contribution in [-0.4, -0.2) is 49.1 Å². The van der Waals surface area contributed by atoms with Crippen molar-refractivity contribution in [3.05, 3.63) is 11.1 Å². The third-order valence-electron chi connectivity index (χ3n) is 2.53. The summed E-state index contributed by atoms with van der Waals surface area (Å²) < 4.78 is 22.8. The zero-order chi connectivity index (χ0) is 12.5. The molecule has 0 amide bonds. The summed E-state index contributed by atoms with van der Waals surface area (Å²) in [7, 11) is -2.95. The Balaban J connectivity index is 2.14. The van der Waals surface area contributed by atoms with Crippen LogP contribution in [0.1, 0.15) is 16.1 Å². The van der Waals surface area contributed by atoms with Crippen LogP contribution in [0.2, 0.25) is 0 Å². The van der Waals surface area contributed by atoms with E-state index in [0.717, 1.165) is 11.3 Å². The van der Waals surface area contributed by atoms with Gasteiger partial charge in [0.1, 0.15) is 4.88 Å². The van der Waals surface area contributed by atoms with Gasteiger partial charge in [0.05, 0.1) is 17.7 Å². The number of carbonyl (C=O) groups is 1. The molecule has 2 rings (SSSR count). The molecule has 0 unspecified atom stereocenters. The number of sulfone groups is 1. The maximum atomic E-state index is 11.4. The Morgan fingerprint density at radius 2 is 2.18 bits per heavy atom. The summed E-state index contributed by atoms with van der Waals surface area (Å²) in [5.41, 5.74) is 0. The molecule has 1 aromatic rings. The molecule has 0 aromatic carbocycles. The number of aromatic carboxylic acids is 1. The average Bonchev–Trinajstić information content (AvgIpc) is 2.65. The molecular formula is C9H12N2O4S2. The Kier molecular flexibility index (Phi) is 3.34. The van der Waals surface area contributed by atoms with Gasteiger partial charge >= 0.3 is 5.97 Å². The minimum atomic E-state index is -2.95. The van der Waals surface area contributed by atoms with Gasteiger partial charge in [-0.3, -0.25) is 0 Å². The van der Waals surface area contributed by atoms with Crippen molar-refractivity contribution >= 4 is 32.3 Å². The first-order valence-electron chi connectivity index (χ1n) is 5.12. The number of nitrogens with zero attached hydrogens (tertiary/aromatic N) is 2. The zero-order valence-electron chi connectivity index (χ0n) is 9.00. The first kappa shape index (κ1) is 12.3. The molecule has 1 aliphatic rings. The minimum Gasteiger partial charge on any atom is -0.477 e. The first-order valence-corrected chi connectivity index (χ1v) is 7.76. The summed E-state index contributed by atoms with van der Waals surface area (Å²) in [6, 6.07) is 0. The van der Waals surface area contributed by atoms with Crippen LogP contribution >= 0.6 is 11.3 Å². The van der Waals surface area contributed by atoms with Gasteiger partial charge in [0, 0.05) is 13.1 Å². The van der Waals surface area contributed by atoms with Gasteiger partial charge in [-0.25, -0.2) is 18.2 Å². The molecular weight excluding hydrogens is 264 g/mol. The number of carboxylic acid groups (broad SMARTS) is 1. The summed E-state index contributed by atoms with van der Waals surface area (Å²) in [5, 5.41) is 9.37. The van der Waals surface area contributed by atoms with Crippen LogP contribution < -0.4 is 4.90 Å². The van der Waals surface area contributed by atoms with Gasteiger partial charge in [-0.05, 0) is 6.42 Å². The van der Waals surface area contributed by atoms with Gasteiger partial charge in [-0.1, -0.05) is 11.3 Å². The highest BCUT2D eigenvalue weighted by molar-refractivity contribution is 7.91. The van der Waals surface area contributed by atoms with Crippen LogP contribution in [0.15, 0.2) is 6.20 Å². The summed E-state index contributed by atoms with van der Waals surface area (Å²) in [6.45, 7) is 0.987. The first-order chi connectivity index (χ1) is 7.98. The van der Waals surface area contributed by atoms with Crippen LogP contribution in [0.25, 0.3) is 0 Å². The molecule has 1 N–H and O–H groups in total. The number of aromatic nitrogens is 1. The average molecular weight is 276 g/mol. The predicted molar refractivity (Wildman–Crippen MR) is 64.6 cm³/mol. The second kappa shape index (κ2) is 4.61. The minimum absolute atomic E-state index is 0.106. The molecule has 0 spiro atoms. The van der Waals surface area contributed by atoms with Gasteiger partial charge in [-0.2, -0.15) is 0 Å². The van der Waals surface area contributed by atoms with Crippen molar-refractivity contribution in [3.63, 3.8) is 0 Å². The van der Waals surface area contributed by atoms with Crippen molar-refractivity contribution in [3.8, 4) is 0 Å². The monoisotopic (exact) mass is 276 g/mol. The Hall–Kier alpha value is -1.15. The fraction of sp³-hybridized carbons (Fsp3) is 0.556. The van der Waals surface area contributed by atoms with Crippen molar-refractivity contribution in [2.45, 2.75) is 6.42 Å². The second-order valence-electron chi connectivity index (χ2n) is 3.80. The van der Waals surface area contributed by atoms with Crippen molar-refractivity contribution in [1.29, 1.82) is 0 Å². The summed E-state index contributed by atoms with van der Waals surface area (Å²) in [4.78, 5) is 16.8. The van der Waals surface area contributed by atoms with Crippen LogP contribution in [-0.2, 0) is 9.84 Å². The summed E-state index contributed by atoms with van der Waals surface area (Å²) >= 11 is 1.08. The highest BCUT2D eigenvalue weighted by atomic mass is 32.2. The van der Waals surface area contributed by atoms with Gasteiger partial charge in [0.25, 0.3) is 0 Å². The van der Waals surface area contributed by atoms with Gasteiger partial charge in [0.15, 0.2) is 15.0 Å². The molecule has 94 valence electrons. The molecule has 0 radical (unpaired) electrons. The molecule has 2 heterocycles. The molecule has 1 fully saturated rings. The van der Waals surface area contributed by atoms with Crippen LogP contribution in [0.4, 0.5) is 5.13 Å². The number of carboxylic acids is 1. The Labute approximate surface area is 103 Å². The van der Waals surface area contributed by atoms with E-state index in [-0.39, 0.29) is 16.4 Å². The molecule has 0 aliphatic carbocycles. The largest absolute Gasteiger partial charge is 0.477 e. The zero-order valence-corrected chi connectivity index (χ0v) is 10.6. The van der Waals surface area contributed by atoms with E-state index in [4.69, 9.17) is 5.11 Å². The van der Waals surface area contributed by atoms with E-state index in [1.165, 1.54) is 6.20 Å². The summed E-state index contributed by atoms with van der Waals surface area (Å²) in [6.07, 6.45) is 1.87. The Morgan fingerprint density at radius 3 is 2.82 bits per heavy atom. The Bertz CT molecular complexity index is 523. The lowest BCUT2D eigenvalue weighted by Crippen LogP contribution is -2.26. The number of hydrogen-bond donors (Lipinski definition) is 1. The van der Waals surface area contributed by atoms with E-state index in [1.807, 2.05) is 4.90 Å². The predicted octanol–water partition coefficient (Wildman–Crippen LogP) is 0.466. The van der Waals surface area contributed by atoms with Crippen molar-refractivity contribution < 1.29 is 18.3 Å². The van der Waals surface area contributed by atoms with Crippen molar-refractivity contribution in [1.82, 2.24) is 4.98 Å². The SMILES string of the molecule is O=C(O)c1cnc(N2CCCS(=O)(=O)CC2)s1. The standard InChI is InChI=1S/C9H12N2O4S2/c12-8(13)7-6-10-9(16-7)11-2-1-4-17(14,15)5-3-11/h6H,1-5H2,(H,12,13). The number of hydrogen-bond acceptors (Lipinski definition) is 6.